The van der Waals surface area contributed by atoms with Crippen LogP contribution in [-0.4, -0.2) is 38.1 Å². The van der Waals surface area contributed by atoms with E-state index >= 15 is 0 Å². The summed E-state index contributed by atoms with van der Waals surface area (Å²) in [4.78, 5) is 16.2. The molecule has 0 unspecified atom stereocenters. The van der Waals surface area contributed by atoms with Crippen molar-refractivity contribution in [2.45, 2.75) is 44.4 Å². The van der Waals surface area contributed by atoms with Gasteiger partial charge in [0.1, 0.15) is 11.6 Å². The number of rotatable bonds is 6. The summed E-state index contributed by atoms with van der Waals surface area (Å²) in [6.07, 6.45) is 6.50. The van der Waals surface area contributed by atoms with Crippen molar-refractivity contribution in [3.05, 3.63) is 72.1 Å². The van der Waals surface area contributed by atoms with Crippen molar-refractivity contribution in [3.63, 3.8) is 0 Å². The van der Waals surface area contributed by atoms with Gasteiger partial charge >= 0.3 is 0 Å². The maximum absolute atomic E-state index is 9.85. The predicted octanol–water partition coefficient (Wildman–Crippen LogP) is 4.48. The molecule has 2 atom stereocenters. The van der Waals surface area contributed by atoms with Crippen LogP contribution in [0.3, 0.4) is 0 Å². The largest absolute Gasteiger partial charge is 0.390 e. The topological polar surface area (TPSA) is 102 Å². The lowest BCUT2D eigenvalue weighted by Gasteiger charge is -2.07. The van der Waals surface area contributed by atoms with Gasteiger partial charge in [0.05, 0.1) is 42.0 Å². The molecule has 7 nitrogen and oxygen atoms in total. The number of aromatic amines is 2. The van der Waals surface area contributed by atoms with E-state index in [1.807, 2.05) is 6.20 Å². The van der Waals surface area contributed by atoms with Crippen LogP contribution in [-0.2, 0) is 6.61 Å². The average Bonchev–Trinajstić information content (AvgIpc) is 3.70. The lowest BCUT2D eigenvalue weighted by molar-refractivity contribution is 0.277. The van der Waals surface area contributed by atoms with Gasteiger partial charge in [-0.25, -0.2) is 9.97 Å². The van der Waals surface area contributed by atoms with E-state index in [0.29, 0.717) is 6.04 Å². The summed E-state index contributed by atoms with van der Waals surface area (Å²) < 4.78 is 0. The Balaban J connectivity index is 1.20. The quantitative estimate of drug-likeness (QED) is 0.296. The SMILES string of the molecule is OCc1[nH]c([C@H]2CCCN2)nc1-c1ccc(-c2ccc(-c3cnc([C@H]4CCCN4)[nH]3)cc2)cc1. The van der Waals surface area contributed by atoms with Gasteiger partial charge in [-0.05, 0) is 55.5 Å². The molecule has 2 aliphatic heterocycles. The zero-order valence-electron chi connectivity index (χ0n) is 19.1. The normalized spacial score (nSPS) is 20.3. The average molecular weight is 455 g/mol. The molecule has 174 valence electrons. The maximum Gasteiger partial charge on any atom is 0.124 e. The predicted molar refractivity (Wildman–Crippen MR) is 133 cm³/mol. The first kappa shape index (κ1) is 21.3. The van der Waals surface area contributed by atoms with Gasteiger partial charge in [0.2, 0.25) is 0 Å². The Morgan fingerprint density at radius 2 is 1.32 bits per heavy atom. The van der Waals surface area contributed by atoms with Crippen molar-refractivity contribution >= 4 is 0 Å². The minimum absolute atomic E-state index is 0.0512. The molecule has 2 aromatic carbocycles. The van der Waals surface area contributed by atoms with E-state index in [1.165, 1.54) is 6.42 Å². The fourth-order valence-corrected chi connectivity index (χ4v) is 5.11. The molecule has 4 aromatic rings. The highest BCUT2D eigenvalue weighted by atomic mass is 16.3. The van der Waals surface area contributed by atoms with Crippen LogP contribution in [0.2, 0.25) is 0 Å². The van der Waals surface area contributed by atoms with Crippen molar-refractivity contribution in [1.82, 2.24) is 30.6 Å². The van der Waals surface area contributed by atoms with E-state index in [1.54, 1.807) is 0 Å². The van der Waals surface area contributed by atoms with E-state index in [9.17, 15) is 5.11 Å². The lowest BCUT2D eigenvalue weighted by Crippen LogP contribution is -2.14. The van der Waals surface area contributed by atoms with Crippen LogP contribution < -0.4 is 10.6 Å². The van der Waals surface area contributed by atoms with E-state index in [0.717, 1.165) is 83.3 Å². The lowest BCUT2D eigenvalue weighted by atomic mass is 10.0. The summed E-state index contributed by atoms with van der Waals surface area (Å²) in [5, 5.41) is 16.8. The van der Waals surface area contributed by atoms with E-state index in [2.05, 4.69) is 74.1 Å². The molecule has 0 spiro atoms. The van der Waals surface area contributed by atoms with Gasteiger partial charge in [-0.15, -0.1) is 0 Å². The van der Waals surface area contributed by atoms with Gasteiger partial charge in [-0.1, -0.05) is 48.5 Å². The van der Waals surface area contributed by atoms with Crippen molar-refractivity contribution < 1.29 is 5.11 Å². The first-order valence-electron chi connectivity index (χ1n) is 12.2. The molecule has 0 aliphatic carbocycles. The van der Waals surface area contributed by atoms with Crippen molar-refractivity contribution in [3.8, 4) is 33.6 Å². The van der Waals surface area contributed by atoms with Crippen LogP contribution in [0.1, 0.15) is 55.1 Å². The van der Waals surface area contributed by atoms with Crippen LogP contribution in [0, 0.1) is 0 Å². The number of aliphatic hydroxyl groups is 1. The number of imidazole rings is 2. The van der Waals surface area contributed by atoms with Gasteiger partial charge in [0.15, 0.2) is 0 Å². The van der Waals surface area contributed by atoms with Crippen LogP contribution in [0.25, 0.3) is 33.6 Å². The standard InChI is InChI=1S/C27H30N6O/c34-16-24-25(33-27(32-24)22-4-2-14-29-22)20-11-7-18(8-12-20)17-5-9-19(10-6-17)23-15-30-26(31-23)21-3-1-13-28-21/h5-12,15,21-22,28-29,34H,1-4,13-14,16H2,(H,30,31)(H,32,33)/t21-,22-/m1/s1. The number of hydrogen-bond donors (Lipinski definition) is 5. The second-order valence-corrected chi connectivity index (χ2v) is 9.24. The first-order valence-corrected chi connectivity index (χ1v) is 12.2. The molecule has 2 aromatic heterocycles. The Hall–Kier alpha value is -3.26. The van der Waals surface area contributed by atoms with Crippen LogP contribution in [0.5, 0.6) is 0 Å². The smallest absolute Gasteiger partial charge is 0.124 e. The number of H-pyrrole nitrogens is 2. The Morgan fingerprint density at radius 3 is 1.91 bits per heavy atom. The third-order valence-corrected chi connectivity index (χ3v) is 7.02. The minimum atomic E-state index is -0.0512. The number of aromatic nitrogens is 4. The Morgan fingerprint density at radius 1 is 0.735 bits per heavy atom. The zero-order valence-corrected chi connectivity index (χ0v) is 19.1. The van der Waals surface area contributed by atoms with Crippen molar-refractivity contribution in [2.75, 3.05) is 13.1 Å². The van der Waals surface area contributed by atoms with Gasteiger partial charge < -0.3 is 25.7 Å². The number of aliphatic hydroxyl groups excluding tert-OH is 1. The van der Waals surface area contributed by atoms with E-state index in [-0.39, 0.29) is 12.6 Å². The minimum Gasteiger partial charge on any atom is -0.390 e. The number of benzene rings is 2. The van der Waals surface area contributed by atoms with Gasteiger partial charge in [-0.3, -0.25) is 0 Å². The molecule has 34 heavy (non-hydrogen) atoms. The van der Waals surface area contributed by atoms with E-state index in [4.69, 9.17) is 4.98 Å². The van der Waals surface area contributed by atoms with Gasteiger partial charge in [0, 0.05) is 5.56 Å². The third-order valence-electron chi connectivity index (χ3n) is 7.02. The molecule has 0 saturated carbocycles. The molecule has 7 heteroatoms. The molecule has 6 rings (SSSR count). The molecule has 5 N–H and O–H groups in total. The second-order valence-electron chi connectivity index (χ2n) is 9.24. The molecule has 4 heterocycles. The molecular formula is C27H30N6O. The molecule has 0 bridgehead atoms. The third kappa shape index (κ3) is 4.07. The molecule has 0 amide bonds. The highest BCUT2D eigenvalue weighted by Crippen LogP contribution is 2.30. The van der Waals surface area contributed by atoms with Crippen LogP contribution in [0.15, 0.2) is 54.7 Å². The summed E-state index contributed by atoms with van der Waals surface area (Å²) in [6.45, 7) is 2.03. The van der Waals surface area contributed by atoms with Crippen molar-refractivity contribution in [2.24, 2.45) is 0 Å². The molecule has 2 aliphatic rings. The number of hydrogen-bond acceptors (Lipinski definition) is 5. The molecule has 0 radical (unpaired) electrons. The summed E-state index contributed by atoms with van der Waals surface area (Å²) >= 11 is 0. The molecule has 2 fully saturated rings. The highest BCUT2D eigenvalue weighted by Gasteiger charge is 2.22. The number of nitrogens with zero attached hydrogens (tertiary/aromatic N) is 2. The molecule has 2 saturated heterocycles. The van der Waals surface area contributed by atoms with Crippen molar-refractivity contribution in [1.29, 1.82) is 0 Å². The van der Waals surface area contributed by atoms with Crippen LogP contribution >= 0.6 is 0 Å². The Kier molecular flexibility index (Phi) is 5.74. The Labute approximate surface area is 199 Å². The first-order chi connectivity index (χ1) is 16.8. The maximum atomic E-state index is 9.85. The summed E-state index contributed by atoms with van der Waals surface area (Å²) in [5.41, 5.74) is 7.10. The number of nitrogens with one attached hydrogen (secondary N) is 4. The van der Waals surface area contributed by atoms with Gasteiger partial charge in [-0.2, -0.15) is 0 Å². The summed E-state index contributed by atoms with van der Waals surface area (Å²) in [6, 6.07) is 17.6. The van der Waals surface area contributed by atoms with Gasteiger partial charge in [0.25, 0.3) is 0 Å². The Bertz CT molecular complexity index is 1250. The fraction of sp³-hybridized carbons (Fsp3) is 0.333. The summed E-state index contributed by atoms with van der Waals surface area (Å²) in [7, 11) is 0. The fourth-order valence-electron chi connectivity index (χ4n) is 5.11. The monoisotopic (exact) mass is 454 g/mol. The molecular weight excluding hydrogens is 424 g/mol. The van der Waals surface area contributed by atoms with Crippen LogP contribution in [0.4, 0.5) is 0 Å². The summed E-state index contributed by atoms with van der Waals surface area (Å²) in [5.74, 6) is 1.95. The van der Waals surface area contributed by atoms with E-state index < -0.39 is 0 Å². The zero-order chi connectivity index (χ0) is 22.9. The highest BCUT2D eigenvalue weighted by molar-refractivity contribution is 5.72. The second kappa shape index (κ2) is 9.18.